The third-order valence-electron chi connectivity index (χ3n) is 5.59. The maximum Gasteiger partial charge on any atom is 0.258 e. The average molecular weight is 462 g/mol. The third-order valence-corrected chi connectivity index (χ3v) is 6.14. The first kappa shape index (κ1) is 22.4. The number of aromatic nitrogens is 2. The van der Waals surface area contributed by atoms with Crippen molar-refractivity contribution in [2.75, 3.05) is 26.2 Å². The monoisotopic (exact) mass is 461 g/mol. The molecule has 1 fully saturated rings. The lowest BCUT2D eigenvalue weighted by molar-refractivity contribution is 0.0636. The number of amides is 1. The number of aryl methyl sites for hydroxylation is 2. The van der Waals surface area contributed by atoms with Crippen LogP contribution in [0.15, 0.2) is 23.9 Å². The number of nitrogens with two attached hydrogens (primary N) is 1. The number of nitrogens with zero attached hydrogens (tertiary/aromatic N) is 3. The number of hydrogen-bond acceptors (Lipinski definition) is 7. The second-order valence-electron chi connectivity index (χ2n) is 8.13. The molecule has 170 valence electrons. The minimum Gasteiger partial charge on any atom is -0.488 e. The van der Waals surface area contributed by atoms with Crippen LogP contribution in [0.3, 0.4) is 0 Å². The summed E-state index contributed by atoms with van der Waals surface area (Å²) in [6.07, 6.45) is -0.540. The summed E-state index contributed by atoms with van der Waals surface area (Å²) in [5.74, 6) is -0.279. The Hall–Kier alpha value is -2.75. The normalized spacial score (nSPS) is 21.2. The lowest BCUT2D eigenvalue weighted by Gasteiger charge is -2.28. The van der Waals surface area contributed by atoms with E-state index in [1.807, 2.05) is 0 Å². The van der Waals surface area contributed by atoms with Gasteiger partial charge < -0.3 is 25.8 Å². The predicted molar refractivity (Wildman–Crippen MR) is 118 cm³/mol. The van der Waals surface area contributed by atoms with Gasteiger partial charge in [-0.25, -0.2) is 14.4 Å². The van der Waals surface area contributed by atoms with Crippen LogP contribution < -0.4 is 15.8 Å². The summed E-state index contributed by atoms with van der Waals surface area (Å²) in [5.41, 5.74) is 8.87. The highest BCUT2D eigenvalue weighted by Gasteiger charge is 2.31. The van der Waals surface area contributed by atoms with Gasteiger partial charge in [0, 0.05) is 36.8 Å². The zero-order valence-electron chi connectivity index (χ0n) is 17.9. The molecule has 2 atom stereocenters. The van der Waals surface area contributed by atoms with Gasteiger partial charge >= 0.3 is 0 Å². The first-order valence-electron chi connectivity index (χ1n) is 10.4. The number of aliphatic hydroxyl groups excluding tert-OH is 1. The topological polar surface area (TPSA) is 114 Å². The van der Waals surface area contributed by atoms with Crippen LogP contribution >= 0.6 is 11.6 Å². The van der Waals surface area contributed by atoms with Gasteiger partial charge in [0.15, 0.2) is 5.82 Å². The largest absolute Gasteiger partial charge is 0.488 e. The number of hydrogen-bond donors (Lipinski definition) is 3. The zero-order chi connectivity index (χ0) is 23.0. The molecule has 2 aliphatic rings. The van der Waals surface area contributed by atoms with E-state index in [1.54, 1.807) is 18.7 Å². The van der Waals surface area contributed by atoms with Crippen LogP contribution in [0.4, 0.5) is 4.39 Å². The quantitative estimate of drug-likeness (QED) is 0.636. The molecular formula is C22H25ClFN5O3. The fraction of sp³-hybridized carbons (Fsp3) is 0.409. The predicted octanol–water partition coefficient (Wildman–Crippen LogP) is 1.81. The van der Waals surface area contributed by atoms with Crippen molar-refractivity contribution in [1.82, 2.24) is 20.2 Å². The van der Waals surface area contributed by atoms with E-state index >= 15 is 0 Å². The van der Waals surface area contributed by atoms with Crippen molar-refractivity contribution >= 4 is 23.1 Å². The van der Waals surface area contributed by atoms with E-state index in [-0.39, 0.29) is 36.4 Å². The fourth-order valence-corrected chi connectivity index (χ4v) is 4.02. The van der Waals surface area contributed by atoms with Crippen LogP contribution in [-0.4, -0.2) is 64.3 Å². The highest BCUT2D eigenvalue weighted by Crippen LogP contribution is 2.29. The highest BCUT2D eigenvalue weighted by atomic mass is 35.5. The Bertz CT molecular complexity index is 1070. The molecule has 4 rings (SSSR count). The second kappa shape index (κ2) is 9.01. The zero-order valence-corrected chi connectivity index (χ0v) is 18.6. The van der Waals surface area contributed by atoms with Gasteiger partial charge in [0.1, 0.15) is 17.7 Å². The SMILES string of the molecule is Cc1nc(C2=C(N)CN(C(=O)c3ccc(F)cc3OC3CNCC(O)C3)C2)nc(C)c1Cl. The van der Waals surface area contributed by atoms with Gasteiger partial charge in [-0.05, 0) is 26.0 Å². The van der Waals surface area contributed by atoms with Crippen LogP contribution in [0.2, 0.25) is 5.02 Å². The molecule has 1 saturated heterocycles. The summed E-state index contributed by atoms with van der Waals surface area (Å²) in [7, 11) is 0. The molecule has 1 amide bonds. The number of nitrogens with one attached hydrogen (secondary N) is 1. The van der Waals surface area contributed by atoms with E-state index in [4.69, 9.17) is 22.1 Å². The molecule has 1 aromatic heterocycles. The number of piperidine rings is 1. The Balaban J connectivity index is 1.55. The van der Waals surface area contributed by atoms with Gasteiger partial charge in [-0.1, -0.05) is 11.6 Å². The van der Waals surface area contributed by atoms with Crippen molar-refractivity contribution in [3.05, 3.63) is 57.5 Å². The smallest absolute Gasteiger partial charge is 0.258 e. The minimum absolute atomic E-state index is 0.136. The maximum atomic E-state index is 13.9. The fourth-order valence-electron chi connectivity index (χ4n) is 3.94. The number of β-amino-alcohol motifs (C(OH)–C–C–N with tert-alkyl or cyclic N) is 1. The van der Waals surface area contributed by atoms with Gasteiger partial charge in [-0.15, -0.1) is 0 Å². The lowest BCUT2D eigenvalue weighted by Crippen LogP contribution is -2.45. The summed E-state index contributed by atoms with van der Waals surface area (Å²) >= 11 is 6.17. The average Bonchev–Trinajstić information content (AvgIpc) is 3.13. The van der Waals surface area contributed by atoms with Crippen molar-refractivity contribution in [2.45, 2.75) is 32.5 Å². The van der Waals surface area contributed by atoms with Gasteiger partial charge in [0.05, 0.1) is 41.2 Å². The molecule has 0 spiro atoms. The Morgan fingerprint density at radius 1 is 1.28 bits per heavy atom. The van der Waals surface area contributed by atoms with E-state index in [2.05, 4.69) is 15.3 Å². The summed E-state index contributed by atoms with van der Waals surface area (Å²) in [5, 5.41) is 13.4. The maximum absolute atomic E-state index is 13.9. The summed E-state index contributed by atoms with van der Waals surface area (Å²) < 4.78 is 19.9. The van der Waals surface area contributed by atoms with Gasteiger partial charge in [0.2, 0.25) is 0 Å². The Morgan fingerprint density at radius 2 is 2.00 bits per heavy atom. The molecule has 2 unspecified atom stereocenters. The molecule has 32 heavy (non-hydrogen) atoms. The second-order valence-corrected chi connectivity index (χ2v) is 8.50. The molecule has 2 aromatic rings. The molecule has 10 heteroatoms. The molecule has 0 aliphatic carbocycles. The van der Waals surface area contributed by atoms with Crippen molar-refractivity contribution in [3.8, 4) is 5.75 Å². The highest BCUT2D eigenvalue weighted by molar-refractivity contribution is 6.31. The lowest BCUT2D eigenvalue weighted by atomic mass is 10.1. The van der Waals surface area contributed by atoms with Crippen LogP contribution in [0, 0.1) is 19.7 Å². The molecule has 0 radical (unpaired) electrons. The summed E-state index contributed by atoms with van der Waals surface area (Å²) in [6, 6.07) is 3.81. The van der Waals surface area contributed by atoms with Crippen molar-refractivity contribution in [3.63, 3.8) is 0 Å². The third kappa shape index (κ3) is 4.55. The number of aliphatic hydroxyl groups is 1. The number of carbonyl (C=O) groups excluding carboxylic acids is 1. The van der Waals surface area contributed by atoms with E-state index < -0.39 is 11.9 Å². The number of carbonyl (C=O) groups is 1. The van der Waals surface area contributed by atoms with Crippen LogP contribution in [0.1, 0.15) is 34.0 Å². The van der Waals surface area contributed by atoms with E-state index in [0.29, 0.717) is 53.0 Å². The first-order chi connectivity index (χ1) is 15.2. The Kier molecular flexibility index (Phi) is 6.32. The van der Waals surface area contributed by atoms with Crippen molar-refractivity contribution < 1.29 is 19.0 Å². The van der Waals surface area contributed by atoms with E-state index in [9.17, 15) is 14.3 Å². The van der Waals surface area contributed by atoms with Crippen LogP contribution in [0.5, 0.6) is 5.75 Å². The summed E-state index contributed by atoms with van der Waals surface area (Å²) in [6.45, 7) is 4.95. The van der Waals surface area contributed by atoms with Gasteiger partial charge in [0.25, 0.3) is 5.91 Å². The first-order valence-corrected chi connectivity index (χ1v) is 10.7. The number of halogens is 2. The number of benzene rings is 1. The molecule has 8 nitrogen and oxygen atoms in total. The molecular weight excluding hydrogens is 437 g/mol. The standard InChI is InChI=1S/C22H25ClFN5O3/c1-11-20(23)12(2)28-21(27-11)17-9-29(10-18(17)25)22(31)16-4-3-13(24)5-19(16)32-15-6-14(30)7-26-8-15/h3-5,14-15,26,30H,6-10,25H2,1-2H3. The van der Waals surface area contributed by atoms with Crippen LogP contribution in [0.25, 0.3) is 5.57 Å². The molecule has 1 aromatic carbocycles. The van der Waals surface area contributed by atoms with Crippen molar-refractivity contribution in [1.29, 1.82) is 0 Å². The van der Waals surface area contributed by atoms with Crippen LogP contribution in [-0.2, 0) is 0 Å². The number of rotatable bonds is 4. The number of ether oxygens (including phenoxy) is 1. The van der Waals surface area contributed by atoms with Crippen molar-refractivity contribution in [2.24, 2.45) is 5.73 Å². The molecule has 2 aliphatic heterocycles. The van der Waals surface area contributed by atoms with Gasteiger partial charge in [-0.2, -0.15) is 0 Å². The van der Waals surface area contributed by atoms with E-state index in [0.717, 1.165) is 0 Å². The molecule has 0 saturated carbocycles. The Morgan fingerprint density at radius 3 is 2.69 bits per heavy atom. The Labute approximate surface area is 190 Å². The minimum atomic E-state index is -0.558. The van der Waals surface area contributed by atoms with E-state index in [1.165, 1.54) is 18.2 Å². The molecule has 3 heterocycles. The molecule has 0 bridgehead atoms. The van der Waals surface area contributed by atoms with Gasteiger partial charge in [-0.3, -0.25) is 4.79 Å². The molecule has 4 N–H and O–H groups in total. The summed E-state index contributed by atoms with van der Waals surface area (Å²) in [4.78, 5) is 23.7.